The summed E-state index contributed by atoms with van der Waals surface area (Å²) in [6, 6.07) is 2.22. The van der Waals surface area contributed by atoms with Crippen LogP contribution >= 0.6 is 27.5 Å². The molecule has 0 atom stereocenters. The maximum absolute atomic E-state index is 9.41. The Labute approximate surface area is 108 Å². The average molecular weight is 306 g/mol. The van der Waals surface area contributed by atoms with E-state index in [1.54, 1.807) is 6.20 Å². The Morgan fingerprint density at radius 1 is 1.38 bits per heavy atom. The Hall–Kier alpha value is -0.320. The van der Waals surface area contributed by atoms with Crippen LogP contribution in [0.15, 0.2) is 16.7 Å². The van der Waals surface area contributed by atoms with Crippen molar-refractivity contribution >= 4 is 33.3 Å². The van der Waals surface area contributed by atoms with Crippen LogP contribution in [0.25, 0.3) is 0 Å². The summed E-state index contributed by atoms with van der Waals surface area (Å²) in [6.45, 7) is 0. The van der Waals surface area contributed by atoms with Gasteiger partial charge in [0, 0.05) is 12.2 Å². The quantitative estimate of drug-likeness (QED) is 0.882. The molecule has 3 nitrogen and oxygen atoms in total. The van der Waals surface area contributed by atoms with Crippen molar-refractivity contribution < 1.29 is 5.11 Å². The monoisotopic (exact) mass is 304 g/mol. The van der Waals surface area contributed by atoms with Crippen molar-refractivity contribution in [2.75, 3.05) is 5.32 Å². The zero-order valence-corrected chi connectivity index (χ0v) is 11.1. The molecule has 0 aromatic carbocycles. The molecule has 16 heavy (non-hydrogen) atoms. The maximum atomic E-state index is 9.41. The second-order valence-corrected chi connectivity index (χ2v) is 5.42. The van der Waals surface area contributed by atoms with Crippen molar-refractivity contribution in [2.45, 2.75) is 37.8 Å². The van der Waals surface area contributed by atoms with Gasteiger partial charge in [-0.25, -0.2) is 4.98 Å². The van der Waals surface area contributed by atoms with Gasteiger partial charge >= 0.3 is 0 Å². The highest BCUT2D eigenvalue weighted by atomic mass is 79.9. The summed E-state index contributed by atoms with van der Waals surface area (Å²) in [5.41, 5.74) is 0. The van der Waals surface area contributed by atoms with Gasteiger partial charge in [0.1, 0.15) is 5.82 Å². The highest BCUT2D eigenvalue weighted by Gasteiger charge is 2.19. The van der Waals surface area contributed by atoms with Gasteiger partial charge in [-0.1, -0.05) is 11.6 Å². The van der Waals surface area contributed by atoms with Gasteiger partial charge in [0.15, 0.2) is 0 Å². The number of anilines is 1. The van der Waals surface area contributed by atoms with Crippen molar-refractivity contribution in [3.63, 3.8) is 0 Å². The molecule has 1 heterocycles. The summed E-state index contributed by atoms with van der Waals surface area (Å²) in [6.07, 6.45) is 5.20. The molecule has 2 rings (SSSR count). The van der Waals surface area contributed by atoms with Crippen LogP contribution in [-0.4, -0.2) is 22.2 Å². The van der Waals surface area contributed by atoms with E-state index < -0.39 is 0 Å². The highest BCUT2D eigenvalue weighted by Crippen LogP contribution is 2.27. The Balaban J connectivity index is 1.98. The summed E-state index contributed by atoms with van der Waals surface area (Å²) < 4.78 is 0.881. The Kier molecular flexibility index (Phi) is 4.05. The molecule has 1 aromatic rings. The van der Waals surface area contributed by atoms with Gasteiger partial charge < -0.3 is 10.4 Å². The van der Waals surface area contributed by atoms with Crippen LogP contribution < -0.4 is 5.32 Å². The van der Waals surface area contributed by atoms with Crippen LogP contribution in [0.3, 0.4) is 0 Å². The normalized spacial score (nSPS) is 25.4. The van der Waals surface area contributed by atoms with Gasteiger partial charge in [-0.2, -0.15) is 0 Å². The number of nitrogens with one attached hydrogen (secondary N) is 1. The molecule has 0 bridgehead atoms. The standard InChI is InChI=1S/C11H14BrClN2O/c12-10-5-7(13)6-14-11(10)15-8-1-3-9(16)4-2-8/h5-6,8-9,16H,1-4H2,(H,14,15). The number of pyridine rings is 1. The smallest absolute Gasteiger partial charge is 0.140 e. The predicted octanol–water partition coefficient (Wildman–Crippen LogP) is 3.21. The first kappa shape index (κ1) is 12.1. The summed E-state index contributed by atoms with van der Waals surface area (Å²) in [5, 5.41) is 13.4. The molecule has 2 N–H and O–H groups in total. The van der Waals surface area contributed by atoms with E-state index in [9.17, 15) is 5.11 Å². The minimum absolute atomic E-state index is 0.125. The van der Waals surface area contributed by atoms with Crippen molar-refractivity contribution in [2.24, 2.45) is 0 Å². The van der Waals surface area contributed by atoms with Gasteiger partial charge in [-0.05, 0) is 47.7 Å². The lowest BCUT2D eigenvalue weighted by Crippen LogP contribution is -2.28. The fraction of sp³-hybridized carbons (Fsp3) is 0.545. The largest absolute Gasteiger partial charge is 0.393 e. The number of aliphatic hydroxyl groups is 1. The first-order chi connectivity index (χ1) is 7.65. The fourth-order valence-corrected chi connectivity index (χ4v) is 2.69. The van der Waals surface area contributed by atoms with Gasteiger partial charge in [-0.15, -0.1) is 0 Å². The van der Waals surface area contributed by atoms with Crippen LogP contribution in [0.5, 0.6) is 0 Å². The third-order valence-electron chi connectivity index (χ3n) is 2.85. The molecule has 88 valence electrons. The molecular weight excluding hydrogens is 291 g/mol. The van der Waals surface area contributed by atoms with Crippen molar-refractivity contribution in [3.8, 4) is 0 Å². The maximum Gasteiger partial charge on any atom is 0.140 e. The summed E-state index contributed by atoms with van der Waals surface area (Å²) >= 11 is 9.25. The lowest BCUT2D eigenvalue weighted by molar-refractivity contribution is 0.126. The minimum atomic E-state index is -0.125. The molecule has 0 spiro atoms. The van der Waals surface area contributed by atoms with Gasteiger partial charge in [-0.3, -0.25) is 0 Å². The number of hydrogen-bond donors (Lipinski definition) is 2. The van der Waals surface area contributed by atoms with E-state index in [0.717, 1.165) is 36.0 Å². The van der Waals surface area contributed by atoms with Crippen LogP contribution in [0.1, 0.15) is 25.7 Å². The SMILES string of the molecule is OC1CCC(Nc2ncc(Cl)cc2Br)CC1. The number of halogens is 2. The number of hydrogen-bond acceptors (Lipinski definition) is 3. The first-order valence-electron chi connectivity index (χ1n) is 5.41. The van der Waals surface area contributed by atoms with Crippen molar-refractivity contribution in [1.82, 2.24) is 4.98 Å². The zero-order chi connectivity index (χ0) is 11.5. The summed E-state index contributed by atoms with van der Waals surface area (Å²) in [7, 11) is 0. The predicted molar refractivity (Wildman–Crippen MR) is 68.8 cm³/mol. The number of nitrogens with zero attached hydrogens (tertiary/aromatic N) is 1. The summed E-state index contributed by atoms with van der Waals surface area (Å²) in [4.78, 5) is 4.24. The molecule has 1 aromatic heterocycles. The van der Waals surface area contributed by atoms with E-state index in [2.05, 4.69) is 26.2 Å². The lowest BCUT2D eigenvalue weighted by Gasteiger charge is -2.26. The molecule has 0 saturated heterocycles. The van der Waals surface area contributed by atoms with E-state index in [4.69, 9.17) is 11.6 Å². The summed E-state index contributed by atoms with van der Waals surface area (Å²) in [5.74, 6) is 0.825. The number of rotatable bonds is 2. The molecule has 5 heteroatoms. The van der Waals surface area contributed by atoms with E-state index in [1.165, 1.54) is 0 Å². The van der Waals surface area contributed by atoms with E-state index in [0.29, 0.717) is 11.1 Å². The Bertz CT molecular complexity index is 367. The lowest BCUT2D eigenvalue weighted by atomic mass is 9.93. The van der Waals surface area contributed by atoms with Crippen molar-refractivity contribution in [1.29, 1.82) is 0 Å². The van der Waals surface area contributed by atoms with Gasteiger partial charge in [0.25, 0.3) is 0 Å². The molecule has 1 saturated carbocycles. The van der Waals surface area contributed by atoms with Crippen LogP contribution in [-0.2, 0) is 0 Å². The third kappa shape index (κ3) is 3.09. The topological polar surface area (TPSA) is 45.1 Å². The number of aliphatic hydroxyl groups excluding tert-OH is 1. The second-order valence-electron chi connectivity index (χ2n) is 4.13. The van der Waals surface area contributed by atoms with Gasteiger partial charge in [0.2, 0.25) is 0 Å². The van der Waals surface area contributed by atoms with E-state index in [1.807, 2.05) is 6.07 Å². The average Bonchev–Trinajstić information content (AvgIpc) is 2.25. The van der Waals surface area contributed by atoms with Crippen molar-refractivity contribution in [3.05, 3.63) is 21.8 Å². The first-order valence-corrected chi connectivity index (χ1v) is 6.58. The Morgan fingerprint density at radius 3 is 2.69 bits per heavy atom. The van der Waals surface area contributed by atoms with Crippen LogP contribution in [0, 0.1) is 0 Å². The van der Waals surface area contributed by atoms with Crippen LogP contribution in [0.4, 0.5) is 5.82 Å². The highest BCUT2D eigenvalue weighted by molar-refractivity contribution is 9.10. The molecule has 0 radical (unpaired) electrons. The Morgan fingerprint density at radius 2 is 2.06 bits per heavy atom. The van der Waals surface area contributed by atoms with Gasteiger partial charge in [0.05, 0.1) is 15.6 Å². The number of aromatic nitrogens is 1. The molecule has 0 unspecified atom stereocenters. The molecule has 0 amide bonds. The molecule has 1 fully saturated rings. The van der Waals surface area contributed by atoms with E-state index >= 15 is 0 Å². The minimum Gasteiger partial charge on any atom is -0.393 e. The fourth-order valence-electron chi connectivity index (χ4n) is 1.93. The molecule has 1 aliphatic carbocycles. The zero-order valence-electron chi connectivity index (χ0n) is 8.79. The molecule has 1 aliphatic rings. The second kappa shape index (κ2) is 5.34. The van der Waals surface area contributed by atoms with E-state index in [-0.39, 0.29) is 6.10 Å². The third-order valence-corrected chi connectivity index (χ3v) is 3.66. The molecule has 0 aliphatic heterocycles. The van der Waals surface area contributed by atoms with Crippen LogP contribution in [0.2, 0.25) is 5.02 Å². The molecular formula is C11H14BrClN2O.